The largest absolute Gasteiger partial charge is 0.384 e. The average Bonchev–Trinajstić information content (AvgIpc) is 2.99. The molecule has 0 amide bonds. The van der Waals surface area contributed by atoms with E-state index < -0.39 is 16.8 Å². The maximum absolute atomic E-state index is 13.2. The van der Waals surface area contributed by atoms with E-state index in [4.69, 9.17) is 9.47 Å². The Kier molecular flexibility index (Phi) is 3.41. The first-order valence-corrected chi connectivity index (χ1v) is 10.4. The summed E-state index contributed by atoms with van der Waals surface area (Å²) >= 11 is 0. The molecule has 5 nitrogen and oxygen atoms in total. The molecule has 1 N–H and O–H groups in total. The number of hydrogen-bond donors (Lipinski definition) is 1. The standard InChI is InChI=1S/C22H30O5/c1-19(2)26-16-10-14-15(23)9-13-12(20(14,3)11-17(16)27-19)5-7-21(4)18(24)6-8-22(13,21)25/h9,12,14,16-17,25H,5-8,10-11H2,1-4H3. The molecule has 7 unspecified atom stereocenters. The number of hydrogen-bond acceptors (Lipinski definition) is 5. The van der Waals surface area contributed by atoms with Gasteiger partial charge in [-0.05, 0) is 75.9 Å². The molecule has 5 aliphatic rings. The fourth-order valence-electron chi connectivity index (χ4n) is 7.11. The van der Waals surface area contributed by atoms with Crippen LogP contribution in [0.2, 0.25) is 0 Å². The number of ketones is 2. The van der Waals surface area contributed by atoms with Gasteiger partial charge in [-0.3, -0.25) is 9.59 Å². The molecule has 1 heterocycles. The van der Waals surface area contributed by atoms with Crippen LogP contribution in [-0.4, -0.2) is 40.3 Å². The average molecular weight is 374 g/mol. The van der Waals surface area contributed by atoms with Crippen LogP contribution in [0.25, 0.3) is 0 Å². The van der Waals surface area contributed by atoms with Crippen LogP contribution in [0.1, 0.15) is 66.2 Å². The van der Waals surface area contributed by atoms with Gasteiger partial charge >= 0.3 is 0 Å². The van der Waals surface area contributed by atoms with Crippen molar-refractivity contribution in [2.24, 2.45) is 22.7 Å². The van der Waals surface area contributed by atoms with Crippen LogP contribution in [0.3, 0.4) is 0 Å². The van der Waals surface area contributed by atoms with E-state index in [0.717, 1.165) is 18.4 Å². The smallest absolute Gasteiger partial charge is 0.163 e. The molecule has 0 aromatic rings. The van der Waals surface area contributed by atoms with E-state index >= 15 is 0 Å². The molecular formula is C22H30O5. The van der Waals surface area contributed by atoms with Gasteiger partial charge in [0.05, 0.1) is 23.2 Å². The summed E-state index contributed by atoms with van der Waals surface area (Å²) in [5.74, 6) is -0.359. The molecule has 1 saturated heterocycles. The van der Waals surface area contributed by atoms with Gasteiger partial charge in [-0.15, -0.1) is 0 Å². The molecule has 0 aromatic heterocycles. The first-order chi connectivity index (χ1) is 12.5. The number of rotatable bonds is 0. The van der Waals surface area contributed by atoms with E-state index in [0.29, 0.717) is 25.7 Å². The van der Waals surface area contributed by atoms with Gasteiger partial charge < -0.3 is 14.6 Å². The van der Waals surface area contributed by atoms with Gasteiger partial charge in [0.2, 0.25) is 0 Å². The molecule has 7 atom stereocenters. The van der Waals surface area contributed by atoms with E-state index in [-0.39, 0.29) is 41.0 Å². The van der Waals surface area contributed by atoms with Crippen molar-refractivity contribution in [2.45, 2.75) is 89.8 Å². The Morgan fingerprint density at radius 2 is 1.74 bits per heavy atom. The lowest BCUT2D eigenvalue weighted by molar-refractivity contribution is -0.149. The summed E-state index contributed by atoms with van der Waals surface area (Å²) in [4.78, 5) is 25.8. The highest BCUT2D eigenvalue weighted by molar-refractivity contribution is 5.96. The first kappa shape index (κ1) is 18.0. The van der Waals surface area contributed by atoms with Crippen molar-refractivity contribution in [3.63, 3.8) is 0 Å². The summed E-state index contributed by atoms with van der Waals surface area (Å²) in [6.45, 7) is 7.95. The molecule has 4 fully saturated rings. The molecule has 0 aromatic carbocycles. The Labute approximate surface area is 160 Å². The third-order valence-electron chi connectivity index (χ3n) is 8.66. The summed E-state index contributed by atoms with van der Waals surface area (Å²) in [7, 11) is 0. The highest BCUT2D eigenvalue weighted by Crippen LogP contribution is 2.65. The van der Waals surface area contributed by atoms with Gasteiger partial charge in [0, 0.05) is 12.3 Å². The highest BCUT2D eigenvalue weighted by atomic mass is 16.7. The normalized spacial score (nSPS) is 53.3. The molecule has 4 aliphatic carbocycles. The number of aliphatic hydroxyl groups is 1. The second-order valence-electron chi connectivity index (χ2n) is 10.4. The molecule has 5 rings (SSSR count). The zero-order valence-corrected chi connectivity index (χ0v) is 16.7. The Hall–Kier alpha value is -1.04. The molecular weight excluding hydrogens is 344 g/mol. The molecule has 0 spiro atoms. The van der Waals surface area contributed by atoms with Crippen molar-refractivity contribution in [3.8, 4) is 0 Å². The van der Waals surface area contributed by atoms with Crippen molar-refractivity contribution in [2.75, 3.05) is 0 Å². The maximum atomic E-state index is 13.2. The maximum Gasteiger partial charge on any atom is 0.163 e. The van der Waals surface area contributed by atoms with Gasteiger partial charge in [0.1, 0.15) is 5.78 Å². The van der Waals surface area contributed by atoms with Crippen LogP contribution in [0.15, 0.2) is 11.6 Å². The van der Waals surface area contributed by atoms with E-state index in [1.165, 1.54) is 0 Å². The quantitative estimate of drug-likeness (QED) is 0.706. The second kappa shape index (κ2) is 5.11. The van der Waals surface area contributed by atoms with Gasteiger partial charge in [-0.1, -0.05) is 6.92 Å². The summed E-state index contributed by atoms with van der Waals surface area (Å²) < 4.78 is 12.2. The van der Waals surface area contributed by atoms with Gasteiger partial charge in [0.25, 0.3) is 0 Å². The lowest BCUT2D eigenvalue weighted by atomic mass is 9.47. The van der Waals surface area contributed by atoms with Gasteiger partial charge in [-0.25, -0.2) is 0 Å². The minimum atomic E-state index is -1.17. The van der Waals surface area contributed by atoms with Crippen LogP contribution in [0.5, 0.6) is 0 Å². The van der Waals surface area contributed by atoms with Crippen LogP contribution in [-0.2, 0) is 19.1 Å². The molecule has 0 radical (unpaired) electrons. The molecule has 1 aliphatic heterocycles. The fraction of sp³-hybridized carbons (Fsp3) is 0.818. The van der Waals surface area contributed by atoms with Crippen LogP contribution in [0, 0.1) is 22.7 Å². The van der Waals surface area contributed by atoms with E-state index in [2.05, 4.69) is 6.92 Å². The number of carbonyl (C=O) groups excluding carboxylic acids is 2. The lowest BCUT2D eigenvalue weighted by Crippen LogP contribution is -2.60. The predicted octanol–water partition coefficient (Wildman–Crippen LogP) is 2.94. The Morgan fingerprint density at radius 3 is 2.48 bits per heavy atom. The van der Waals surface area contributed by atoms with Crippen molar-refractivity contribution >= 4 is 11.6 Å². The number of Topliss-reactive ketones (excluding diaryl/α,β-unsaturated/α-hetero) is 1. The molecule has 27 heavy (non-hydrogen) atoms. The van der Waals surface area contributed by atoms with Crippen molar-refractivity contribution in [3.05, 3.63) is 11.6 Å². The minimum absolute atomic E-state index is 0.0124. The number of fused-ring (bicyclic) bond motifs is 6. The SMILES string of the molecule is CC1(C)OC2CC3C(=O)C=C4C(CCC5(C)C(=O)CCC45O)C3(C)CC2O1. The lowest BCUT2D eigenvalue weighted by Gasteiger charge is -2.58. The molecule has 3 saturated carbocycles. The summed E-state index contributed by atoms with van der Waals surface area (Å²) in [5, 5.41) is 11.6. The number of ether oxygens (including phenoxy) is 2. The summed E-state index contributed by atoms with van der Waals surface area (Å²) in [6.07, 6.45) is 5.48. The Bertz CT molecular complexity index is 769. The van der Waals surface area contributed by atoms with Crippen molar-refractivity contribution < 1.29 is 24.2 Å². The predicted molar refractivity (Wildman–Crippen MR) is 97.8 cm³/mol. The third-order valence-corrected chi connectivity index (χ3v) is 8.66. The summed E-state index contributed by atoms with van der Waals surface area (Å²) in [6, 6.07) is 0. The van der Waals surface area contributed by atoms with Crippen molar-refractivity contribution in [1.29, 1.82) is 0 Å². The molecule has 5 heteroatoms. The zero-order chi connectivity index (χ0) is 19.4. The van der Waals surface area contributed by atoms with Crippen LogP contribution < -0.4 is 0 Å². The number of allylic oxidation sites excluding steroid dienone is 1. The molecule has 0 bridgehead atoms. The third kappa shape index (κ3) is 2.11. The van der Waals surface area contributed by atoms with Gasteiger partial charge in [0.15, 0.2) is 11.6 Å². The van der Waals surface area contributed by atoms with E-state index in [1.54, 1.807) is 6.08 Å². The monoisotopic (exact) mass is 374 g/mol. The van der Waals surface area contributed by atoms with E-state index in [9.17, 15) is 14.7 Å². The second-order valence-corrected chi connectivity index (χ2v) is 10.4. The Morgan fingerprint density at radius 1 is 1.04 bits per heavy atom. The minimum Gasteiger partial charge on any atom is -0.384 e. The first-order valence-electron chi connectivity index (χ1n) is 10.4. The number of carbonyl (C=O) groups is 2. The van der Waals surface area contributed by atoms with Crippen LogP contribution in [0.4, 0.5) is 0 Å². The van der Waals surface area contributed by atoms with Gasteiger partial charge in [-0.2, -0.15) is 0 Å². The summed E-state index contributed by atoms with van der Waals surface area (Å²) in [5.41, 5.74) is -1.35. The molecule has 148 valence electrons. The van der Waals surface area contributed by atoms with Crippen LogP contribution >= 0.6 is 0 Å². The highest BCUT2D eigenvalue weighted by Gasteiger charge is 2.67. The topological polar surface area (TPSA) is 72.8 Å². The fourth-order valence-corrected chi connectivity index (χ4v) is 7.11. The van der Waals surface area contributed by atoms with E-state index in [1.807, 2.05) is 20.8 Å². The van der Waals surface area contributed by atoms with Crippen molar-refractivity contribution in [1.82, 2.24) is 0 Å². The Balaban J connectivity index is 1.57. The zero-order valence-electron chi connectivity index (χ0n) is 16.7.